The second kappa shape index (κ2) is 7.87. The fraction of sp³-hybridized carbons (Fsp3) is 0.130. The number of primary amides is 1. The molecule has 0 bridgehead atoms. The van der Waals surface area contributed by atoms with Crippen LogP contribution in [-0.4, -0.2) is 21.9 Å². The number of hydrogen-bond donors (Lipinski definition) is 2. The molecule has 4 aromatic rings. The highest BCUT2D eigenvalue weighted by molar-refractivity contribution is 5.84. The van der Waals surface area contributed by atoms with Gasteiger partial charge in [0.1, 0.15) is 28.7 Å². The van der Waals surface area contributed by atoms with Crippen LogP contribution in [0, 0.1) is 19.7 Å². The second-order valence-electron chi connectivity index (χ2n) is 7.03. The molecule has 7 heteroatoms. The average molecular weight is 404 g/mol. The van der Waals surface area contributed by atoms with Crippen LogP contribution in [0.3, 0.4) is 0 Å². The molecule has 6 nitrogen and oxygen atoms in total. The molecule has 0 saturated carbocycles. The molecule has 0 aliphatic rings. The topological polar surface area (TPSA) is 81.6 Å². The average Bonchev–Trinajstić information content (AvgIpc) is 3.08. The Kier molecular flexibility index (Phi) is 5.10. The van der Waals surface area contributed by atoms with Crippen LogP contribution >= 0.6 is 0 Å². The van der Waals surface area contributed by atoms with Crippen molar-refractivity contribution in [1.29, 1.82) is 0 Å². The van der Waals surface area contributed by atoms with Gasteiger partial charge in [-0.15, -0.1) is 0 Å². The van der Waals surface area contributed by atoms with Gasteiger partial charge in [0.25, 0.3) is 5.91 Å². The van der Waals surface area contributed by atoms with Gasteiger partial charge in [0.15, 0.2) is 6.61 Å². The van der Waals surface area contributed by atoms with Crippen LogP contribution in [0.25, 0.3) is 16.9 Å². The third kappa shape index (κ3) is 3.69. The highest BCUT2D eigenvalue weighted by Gasteiger charge is 2.20. The quantitative estimate of drug-likeness (QED) is 0.500. The molecule has 0 spiro atoms. The number of para-hydroxylation sites is 1. The van der Waals surface area contributed by atoms with Gasteiger partial charge in [-0.2, -0.15) is 0 Å². The van der Waals surface area contributed by atoms with Crippen molar-refractivity contribution in [3.63, 3.8) is 0 Å². The summed E-state index contributed by atoms with van der Waals surface area (Å²) in [5, 5.41) is 3.47. The summed E-state index contributed by atoms with van der Waals surface area (Å²) in [5.41, 5.74) is 9.91. The van der Waals surface area contributed by atoms with E-state index in [2.05, 4.69) is 5.32 Å². The summed E-state index contributed by atoms with van der Waals surface area (Å²) in [4.78, 5) is 15.9. The number of rotatable bonds is 6. The van der Waals surface area contributed by atoms with E-state index < -0.39 is 11.7 Å². The minimum absolute atomic E-state index is 0.314. The summed E-state index contributed by atoms with van der Waals surface area (Å²) in [7, 11) is 0. The van der Waals surface area contributed by atoms with Crippen LogP contribution in [-0.2, 0) is 4.79 Å². The number of aryl methyl sites for hydroxylation is 2. The molecule has 0 fully saturated rings. The van der Waals surface area contributed by atoms with E-state index in [4.69, 9.17) is 15.5 Å². The largest absolute Gasteiger partial charge is 0.483 e. The van der Waals surface area contributed by atoms with Gasteiger partial charge in [-0.3, -0.25) is 9.20 Å². The third-order valence-electron chi connectivity index (χ3n) is 4.82. The van der Waals surface area contributed by atoms with E-state index in [0.29, 0.717) is 28.5 Å². The minimum Gasteiger partial charge on any atom is -0.483 e. The number of carbonyl (C=O) groups is 1. The number of nitrogens with one attached hydrogen (secondary N) is 1. The number of carbonyl (C=O) groups excluding carboxylic acids is 1. The molecule has 4 rings (SSSR count). The Balaban J connectivity index is 1.91. The number of amides is 1. The van der Waals surface area contributed by atoms with E-state index in [1.54, 1.807) is 0 Å². The first-order valence-electron chi connectivity index (χ1n) is 9.45. The summed E-state index contributed by atoms with van der Waals surface area (Å²) in [5.74, 6) is -0.0682. The van der Waals surface area contributed by atoms with E-state index in [-0.39, 0.29) is 6.61 Å². The molecule has 1 amide bonds. The maximum absolute atomic E-state index is 14.2. The maximum atomic E-state index is 14.2. The molecule has 2 heterocycles. The van der Waals surface area contributed by atoms with E-state index in [9.17, 15) is 9.18 Å². The van der Waals surface area contributed by atoms with Crippen molar-refractivity contribution < 1.29 is 13.9 Å². The highest BCUT2D eigenvalue weighted by atomic mass is 19.1. The maximum Gasteiger partial charge on any atom is 0.255 e. The zero-order valence-corrected chi connectivity index (χ0v) is 16.6. The lowest BCUT2D eigenvalue weighted by Gasteiger charge is -2.15. The van der Waals surface area contributed by atoms with Crippen molar-refractivity contribution in [2.45, 2.75) is 13.8 Å². The fourth-order valence-electron chi connectivity index (χ4n) is 3.40. The lowest BCUT2D eigenvalue weighted by Crippen LogP contribution is -2.20. The molecule has 0 atom stereocenters. The Morgan fingerprint density at radius 2 is 1.90 bits per heavy atom. The number of nitrogens with zero attached hydrogens (tertiary/aromatic N) is 2. The van der Waals surface area contributed by atoms with Gasteiger partial charge in [-0.05, 0) is 55.3 Å². The number of benzene rings is 2. The summed E-state index contributed by atoms with van der Waals surface area (Å²) in [6.45, 7) is 3.72. The van der Waals surface area contributed by atoms with Gasteiger partial charge >= 0.3 is 0 Å². The number of fused-ring (bicyclic) bond motifs is 1. The van der Waals surface area contributed by atoms with Crippen molar-refractivity contribution in [2.75, 3.05) is 11.9 Å². The minimum atomic E-state index is -0.617. The van der Waals surface area contributed by atoms with Crippen molar-refractivity contribution in [1.82, 2.24) is 9.38 Å². The van der Waals surface area contributed by atoms with Crippen molar-refractivity contribution in [3.05, 3.63) is 77.7 Å². The van der Waals surface area contributed by atoms with Gasteiger partial charge in [0.2, 0.25) is 0 Å². The number of imidazole rings is 1. The van der Waals surface area contributed by atoms with Gasteiger partial charge in [-0.25, -0.2) is 9.37 Å². The first kappa shape index (κ1) is 19.4. The van der Waals surface area contributed by atoms with E-state index in [1.165, 1.54) is 18.2 Å². The third-order valence-corrected chi connectivity index (χ3v) is 4.82. The summed E-state index contributed by atoms with van der Waals surface area (Å²) < 4.78 is 21.6. The molecule has 0 unspecified atom stereocenters. The second-order valence-corrected chi connectivity index (χ2v) is 7.03. The summed E-state index contributed by atoms with van der Waals surface area (Å²) in [6.07, 6.45) is 1.88. The van der Waals surface area contributed by atoms with Crippen LogP contribution < -0.4 is 15.8 Å². The Bertz CT molecular complexity index is 1230. The van der Waals surface area contributed by atoms with Crippen LogP contribution in [0.1, 0.15) is 11.1 Å². The molecule has 2 aromatic carbocycles. The van der Waals surface area contributed by atoms with Crippen LogP contribution in [0.2, 0.25) is 0 Å². The SMILES string of the molecule is Cc1cccc(C)c1Nc1c(-c2cc(F)ccc2OCC(N)=O)nc2ccccn12. The molecule has 30 heavy (non-hydrogen) atoms. The fourth-order valence-corrected chi connectivity index (χ4v) is 3.40. The lowest BCUT2D eigenvalue weighted by atomic mass is 10.1. The molecular weight excluding hydrogens is 383 g/mol. The van der Waals surface area contributed by atoms with Crippen molar-refractivity contribution >= 4 is 23.1 Å². The molecular formula is C23H21FN4O2. The lowest BCUT2D eigenvalue weighted by molar-refractivity contribution is -0.119. The molecule has 3 N–H and O–H groups in total. The highest BCUT2D eigenvalue weighted by Crippen LogP contribution is 2.38. The predicted molar refractivity (Wildman–Crippen MR) is 114 cm³/mol. The number of hydrogen-bond acceptors (Lipinski definition) is 4. The van der Waals surface area contributed by atoms with Gasteiger partial charge in [0.05, 0.1) is 0 Å². The molecule has 0 aliphatic carbocycles. The van der Waals surface area contributed by atoms with E-state index in [0.717, 1.165) is 16.8 Å². The van der Waals surface area contributed by atoms with Crippen molar-refractivity contribution in [2.24, 2.45) is 5.73 Å². The molecule has 2 aromatic heterocycles. The Morgan fingerprint density at radius 3 is 2.63 bits per heavy atom. The van der Waals surface area contributed by atoms with E-state index in [1.807, 2.05) is 60.8 Å². The normalized spacial score (nSPS) is 10.9. The first-order valence-corrected chi connectivity index (χ1v) is 9.45. The van der Waals surface area contributed by atoms with Crippen LogP contribution in [0.5, 0.6) is 5.75 Å². The summed E-state index contributed by atoms with van der Waals surface area (Å²) in [6, 6.07) is 15.7. The number of pyridine rings is 1. The summed E-state index contributed by atoms with van der Waals surface area (Å²) >= 11 is 0. The Morgan fingerprint density at radius 1 is 1.13 bits per heavy atom. The number of nitrogens with two attached hydrogens (primary N) is 1. The number of ether oxygens (including phenoxy) is 1. The molecule has 152 valence electrons. The van der Waals surface area contributed by atoms with E-state index >= 15 is 0 Å². The van der Waals surface area contributed by atoms with Crippen LogP contribution in [0.4, 0.5) is 15.9 Å². The first-order chi connectivity index (χ1) is 14.4. The molecule has 0 saturated heterocycles. The molecule has 0 radical (unpaired) electrons. The Labute approximate surface area is 173 Å². The number of aromatic nitrogens is 2. The van der Waals surface area contributed by atoms with Gasteiger partial charge in [-0.1, -0.05) is 24.3 Å². The predicted octanol–water partition coefficient (Wildman–Crippen LogP) is 4.36. The molecule has 0 aliphatic heterocycles. The van der Waals surface area contributed by atoms with Gasteiger partial charge in [0, 0.05) is 17.4 Å². The smallest absolute Gasteiger partial charge is 0.255 e. The zero-order valence-electron chi connectivity index (χ0n) is 16.6. The zero-order chi connectivity index (χ0) is 21.3. The number of anilines is 2. The standard InChI is InChI=1S/C23H21FN4O2/c1-14-6-5-7-15(2)21(14)27-23-22(26-20-8-3-4-11-28(20)23)17-12-16(24)9-10-18(17)30-13-19(25)29/h3-12,27H,13H2,1-2H3,(H2,25,29). The number of halogens is 1. The van der Waals surface area contributed by atoms with Crippen molar-refractivity contribution in [3.8, 4) is 17.0 Å². The monoisotopic (exact) mass is 404 g/mol. The van der Waals surface area contributed by atoms with Crippen LogP contribution in [0.15, 0.2) is 60.8 Å². The van der Waals surface area contributed by atoms with Gasteiger partial charge < -0.3 is 15.8 Å². The Hall–Kier alpha value is -3.87.